The maximum Gasteiger partial charge on any atom is 0.328 e. The fourth-order valence-electron chi connectivity index (χ4n) is 1.16. The van der Waals surface area contributed by atoms with E-state index in [4.69, 9.17) is 9.84 Å². The first-order chi connectivity index (χ1) is 8.63. The van der Waals surface area contributed by atoms with Gasteiger partial charge in [-0.2, -0.15) is 0 Å². The number of carbonyl (C=O) groups excluding carboxylic acids is 1. The molecule has 18 heavy (non-hydrogen) atoms. The number of thioether (sulfide) groups is 1. The standard InChI is InChI=1S/C11H14N2O4S/c1-17-6-9(11(15)16)13-10(14)7-18-8-2-4-12-5-3-8/h2-5,9H,6-7H2,1H3,(H,13,14)(H,15,16). The minimum atomic E-state index is -1.11. The number of aromatic nitrogens is 1. The van der Waals surface area contributed by atoms with Crippen molar-refractivity contribution in [3.05, 3.63) is 24.5 Å². The van der Waals surface area contributed by atoms with Crippen LogP contribution in [0.15, 0.2) is 29.4 Å². The van der Waals surface area contributed by atoms with Gasteiger partial charge >= 0.3 is 5.97 Å². The quantitative estimate of drug-likeness (QED) is 0.697. The molecule has 7 heteroatoms. The van der Waals surface area contributed by atoms with Crippen molar-refractivity contribution in [1.82, 2.24) is 10.3 Å². The maximum absolute atomic E-state index is 11.5. The van der Waals surface area contributed by atoms with E-state index >= 15 is 0 Å². The van der Waals surface area contributed by atoms with Crippen LogP contribution in [-0.2, 0) is 14.3 Å². The van der Waals surface area contributed by atoms with Crippen LogP contribution in [0.2, 0.25) is 0 Å². The lowest BCUT2D eigenvalue weighted by Crippen LogP contribution is -2.44. The molecule has 0 radical (unpaired) electrons. The SMILES string of the molecule is COCC(NC(=O)CSc1ccncc1)C(=O)O. The maximum atomic E-state index is 11.5. The highest BCUT2D eigenvalue weighted by atomic mass is 32.2. The fourth-order valence-corrected chi connectivity index (χ4v) is 1.86. The molecule has 0 aromatic carbocycles. The van der Waals surface area contributed by atoms with E-state index in [2.05, 4.69) is 10.3 Å². The summed E-state index contributed by atoms with van der Waals surface area (Å²) >= 11 is 1.31. The van der Waals surface area contributed by atoms with Crippen LogP contribution in [0.4, 0.5) is 0 Å². The van der Waals surface area contributed by atoms with Gasteiger partial charge < -0.3 is 15.2 Å². The number of nitrogens with zero attached hydrogens (tertiary/aromatic N) is 1. The van der Waals surface area contributed by atoms with Crippen molar-refractivity contribution in [3.8, 4) is 0 Å². The molecule has 0 aliphatic heterocycles. The molecule has 0 bridgehead atoms. The van der Waals surface area contributed by atoms with Gasteiger partial charge in [-0.05, 0) is 12.1 Å². The lowest BCUT2D eigenvalue weighted by atomic mass is 10.3. The van der Waals surface area contributed by atoms with E-state index in [9.17, 15) is 9.59 Å². The molecule has 2 N–H and O–H groups in total. The van der Waals surface area contributed by atoms with Crippen LogP contribution in [0.3, 0.4) is 0 Å². The van der Waals surface area contributed by atoms with Crippen molar-refractivity contribution in [1.29, 1.82) is 0 Å². The van der Waals surface area contributed by atoms with Crippen molar-refractivity contribution in [2.45, 2.75) is 10.9 Å². The molecular formula is C11H14N2O4S. The van der Waals surface area contributed by atoms with Gasteiger partial charge in [0.15, 0.2) is 6.04 Å². The van der Waals surface area contributed by atoms with Crippen molar-refractivity contribution in [2.24, 2.45) is 0 Å². The first kappa shape index (κ1) is 14.5. The number of rotatable bonds is 7. The molecular weight excluding hydrogens is 256 g/mol. The normalized spacial score (nSPS) is 11.8. The van der Waals surface area contributed by atoms with E-state index in [1.54, 1.807) is 24.5 Å². The number of carboxylic acids is 1. The third-order valence-corrected chi connectivity index (χ3v) is 3.00. The van der Waals surface area contributed by atoms with Gasteiger partial charge in [-0.15, -0.1) is 11.8 Å². The summed E-state index contributed by atoms with van der Waals surface area (Å²) < 4.78 is 4.72. The first-order valence-corrected chi connectivity index (χ1v) is 6.16. The zero-order valence-corrected chi connectivity index (χ0v) is 10.6. The molecule has 0 aliphatic carbocycles. The molecule has 1 amide bonds. The zero-order chi connectivity index (χ0) is 13.4. The van der Waals surface area contributed by atoms with Gasteiger partial charge in [-0.1, -0.05) is 0 Å². The first-order valence-electron chi connectivity index (χ1n) is 5.17. The number of methoxy groups -OCH3 is 1. The summed E-state index contributed by atoms with van der Waals surface area (Å²) in [5, 5.41) is 11.2. The molecule has 98 valence electrons. The number of carboxylic acid groups (broad SMARTS) is 1. The van der Waals surface area contributed by atoms with Crippen LogP contribution < -0.4 is 5.32 Å². The highest BCUT2D eigenvalue weighted by molar-refractivity contribution is 8.00. The number of hydrogen-bond acceptors (Lipinski definition) is 5. The number of ether oxygens (including phenoxy) is 1. The third-order valence-electron chi connectivity index (χ3n) is 1.99. The Morgan fingerprint density at radius 1 is 1.50 bits per heavy atom. The van der Waals surface area contributed by atoms with E-state index in [0.29, 0.717) is 0 Å². The third kappa shape index (κ3) is 5.15. The Bertz CT molecular complexity index is 399. The van der Waals surface area contributed by atoms with Crippen molar-refractivity contribution in [3.63, 3.8) is 0 Å². The molecule has 1 heterocycles. The average Bonchev–Trinajstić information content (AvgIpc) is 2.37. The summed E-state index contributed by atoms with van der Waals surface area (Å²) in [4.78, 5) is 27.1. The molecule has 1 rings (SSSR count). The highest BCUT2D eigenvalue weighted by Crippen LogP contribution is 2.15. The van der Waals surface area contributed by atoms with Crippen LogP contribution in [0, 0.1) is 0 Å². The number of carbonyl (C=O) groups is 2. The smallest absolute Gasteiger partial charge is 0.328 e. The molecule has 6 nitrogen and oxygen atoms in total. The van der Waals surface area contributed by atoms with Crippen LogP contribution in [0.5, 0.6) is 0 Å². The van der Waals surface area contributed by atoms with E-state index in [-0.39, 0.29) is 18.3 Å². The van der Waals surface area contributed by atoms with Gasteiger partial charge in [0, 0.05) is 24.4 Å². The Hall–Kier alpha value is -1.60. The summed E-state index contributed by atoms with van der Waals surface area (Å²) in [6, 6.07) is 2.55. The molecule has 0 fully saturated rings. The van der Waals surface area contributed by atoms with Crippen LogP contribution in [0.1, 0.15) is 0 Å². The van der Waals surface area contributed by atoms with Gasteiger partial charge in [-0.25, -0.2) is 4.79 Å². The number of nitrogens with one attached hydrogen (secondary N) is 1. The number of pyridine rings is 1. The molecule has 1 atom stereocenters. The average molecular weight is 270 g/mol. The monoisotopic (exact) mass is 270 g/mol. The van der Waals surface area contributed by atoms with E-state index in [1.165, 1.54) is 18.9 Å². The van der Waals surface area contributed by atoms with Crippen LogP contribution in [-0.4, -0.2) is 47.5 Å². The van der Waals surface area contributed by atoms with Crippen molar-refractivity contribution < 1.29 is 19.4 Å². The van der Waals surface area contributed by atoms with Gasteiger partial charge in [0.05, 0.1) is 12.4 Å². The van der Waals surface area contributed by atoms with E-state index in [1.807, 2.05) is 0 Å². The Balaban J connectivity index is 2.39. The second-order valence-corrected chi connectivity index (χ2v) is 4.43. The molecule has 1 unspecified atom stereocenters. The summed E-state index contributed by atoms with van der Waals surface area (Å²) in [6.45, 7) is -0.0546. The molecule has 0 aliphatic rings. The molecule has 0 spiro atoms. The predicted molar refractivity (Wildman–Crippen MR) is 66.4 cm³/mol. The van der Waals surface area contributed by atoms with Gasteiger partial charge in [0.1, 0.15) is 0 Å². The fraction of sp³-hybridized carbons (Fsp3) is 0.364. The van der Waals surface area contributed by atoms with E-state index in [0.717, 1.165) is 4.90 Å². The molecule has 1 aromatic rings. The summed E-state index contributed by atoms with van der Waals surface area (Å²) in [6.07, 6.45) is 3.26. The number of aliphatic carboxylic acids is 1. The minimum absolute atomic E-state index is 0.0546. The zero-order valence-electron chi connectivity index (χ0n) is 9.83. The largest absolute Gasteiger partial charge is 0.480 e. The second-order valence-electron chi connectivity index (χ2n) is 3.39. The summed E-state index contributed by atoms with van der Waals surface area (Å²) in [5.41, 5.74) is 0. The second kappa shape index (κ2) is 7.67. The molecule has 1 aromatic heterocycles. The lowest BCUT2D eigenvalue weighted by Gasteiger charge is -2.13. The summed E-state index contributed by atoms with van der Waals surface area (Å²) in [7, 11) is 1.38. The van der Waals surface area contributed by atoms with Crippen molar-refractivity contribution >= 4 is 23.6 Å². The molecule has 0 saturated heterocycles. The van der Waals surface area contributed by atoms with Gasteiger partial charge in [0.25, 0.3) is 0 Å². The Kier molecular flexibility index (Phi) is 6.16. The highest BCUT2D eigenvalue weighted by Gasteiger charge is 2.19. The minimum Gasteiger partial charge on any atom is -0.480 e. The molecule has 0 saturated carbocycles. The Morgan fingerprint density at radius 2 is 2.17 bits per heavy atom. The van der Waals surface area contributed by atoms with Crippen LogP contribution >= 0.6 is 11.8 Å². The predicted octanol–water partition coefficient (Wildman–Crippen LogP) is 0.390. The number of amides is 1. The van der Waals surface area contributed by atoms with Gasteiger partial charge in [0.2, 0.25) is 5.91 Å². The topological polar surface area (TPSA) is 88.5 Å². The number of hydrogen-bond donors (Lipinski definition) is 2. The van der Waals surface area contributed by atoms with E-state index < -0.39 is 12.0 Å². The van der Waals surface area contributed by atoms with Crippen LogP contribution in [0.25, 0.3) is 0 Å². The Labute approximate surface area is 109 Å². The summed E-state index contributed by atoms with van der Waals surface area (Å²) in [5.74, 6) is -1.31. The van der Waals surface area contributed by atoms with Crippen molar-refractivity contribution in [2.75, 3.05) is 19.5 Å². The Morgan fingerprint density at radius 3 is 2.72 bits per heavy atom. The lowest BCUT2D eigenvalue weighted by molar-refractivity contribution is -0.142. The van der Waals surface area contributed by atoms with Gasteiger partial charge in [-0.3, -0.25) is 9.78 Å².